The molecule has 172 valence electrons. The number of likely N-dealkylation sites (tertiary alicyclic amines) is 1. The first-order chi connectivity index (χ1) is 14.7. The van der Waals surface area contributed by atoms with Gasteiger partial charge in [0.15, 0.2) is 0 Å². The van der Waals surface area contributed by atoms with E-state index in [1.165, 1.54) is 19.6 Å². The minimum absolute atomic E-state index is 0.0842. The monoisotopic (exact) mass is 435 g/mol. The Labute approximate surface area is 184 Å². The third-order valence-corrected chi connectivity index (χ3v) is 6.12. The molecule has 1 aromatic carbocycles. The summed E-state index contributed by atoms with van der Waals surface area (Å²) in [4.78, 5) is 25.3. The number of esters is 1. The van der Waals surface area contributed by atoms with E-state index in [2.05, 4.69) is 4.74 Å². The zero-order valence-corrected chi connectivity index (χ0v) is 19.0. The Hall–Kier alpha value is -2.31. The molecular formula is C24H34FNO5. The largest absolute Gasteiger partial charge is 0.493 e. The zero-order chi connectivity index (χ0) is 22.6. The van der Waals surface area contributed by atoms with E-state index in [0.717, 1.165) is 32.4 Å². The Kier molecular flexibility index (Phi) is 7.44. The summed E-state index contributed by atoms with van der Waals surface area (Å²) in [6.07, 6.45) is 3.90. The second-order valence-corrected chi connectivity index (χ2v) is 9.61. The molecule has 1 aromatic rings. The maximum Gasteiger partial charge on any atom is 0.410 e. The van der Waals surface area contributed by atoms with E-state index in [0.29, 0.717) is 35.7 Å². The van der Waals surface area contributed by atoms with Crippen LogP contribution in [0.3, 0.4) is 0 Å². The average molecular weight is 436 g/mol. The Morgan fingerprint density at radius 2 is 1.90 bits per heavy atom. The van der Waals surface area contributed by atoms with Crippen molar-refractivity contribution in [3.05, 3.63) is 29.6 Å². The quantitative estimate of drug-likeness (QED) is 0.586. The Bertz CT molecular complexity index is 783. The predicted octanol–water partition coefficient (Wildman–Crippen LogP) is 4.59. The van der Waals surface area contributed by atoms with Gasteiger partial charge in [0.25, 0.3) is 0 Å². The van der Waals surface area contributed by atoms with Crippen LogP contribution in [-0.4, -0.2) is 49.4 Å². The molecule has 6 nitrogen and oxygen atoms in total. The fourth-order valence-electron chi connectivity index (χ4n) is 4.33. The van der Waals surface area contributed by atoms with Crippen LogP contribution in [0, 0.1) is 23.6 Å². The van der Waals surface area contributed by atoms with Crippen molar-refractivity contribution in [1.29, 1.82) is 0 Å². The number of piperidine rings is 1. The minimum atomic E-state index is -0.468. The number of halogens is 1. The molecule has 0 unspecified atom stereocenters. The number of carbonyl (C=O) groups is 2. The van der Waals surface area contributed by atoms with Crippen molar-refractivity contribution in [1.82, 2.24) is 4.90 Å². The highest BCUT2D eigenvalue weighted by atomic mass is 19.1. The molecule has 1 amide bonds. The van der Waals surface area contributed by atoms with Gasteiger partial charge in [0.1, 0.15) is 17.2 Å². The molecule has 0 aromatic heterocycles. The minimum Gasteiger partial charge on any atom is -0.493 e. The van der Waals surface area contributed by atoms with E-state index in [9.17, 15) is 14.0 Å². The van der Waals surface area contributed by atoms with Gasteiger partial charge in [-0.15, -0.1) is 0 Å². The highest BCUT2D eigenvalue weighted by Crippen LogP contribution is 2.49. The SMILES string of the molecule is COC(=O)Cc1ccc(OCC[C@@H]2C[C@@H]2C2CCN(C(=O)OC(C)(C)C)CC2)cc1F. The highest BCUT2D eigenvalue weighted by Gasteiger charge is 2.43. The van der Waals surface area contributed by atoms with Gasteiger partial charge in [0.05, 0.1) is 20.1 Å². The Balaban J connectivity index is 1.36. The summed E-state index contributed by atoms with van der Waals surface area (Å²) < 4.78 is 29.9. The molecule has 0 spiro atoms. The van der Waals surface area contributed by atoms with Crippen molar-refractivity contribution >= 4 is 12.1 Å². The van der Waals surface area contributed by atoms with Crippen LogP contribution in [0.1, 0.15) is 52.0 Å². The molecule has 1 aliphatic heterocycles. The molecule has 2 fully saturated rings. The molecule has 2 aliphatic rings. The van der Waals surface area contributed by atoms with Crippen LogP contribution >= 0.6 is 0 Å². The van der Waals surface area contributed by atoms with Crippen LogP contribution in [0.2, 0.25) is 0 Å². The maximum atomic E-state index is 14.1. The third kappa shape index (κ3) is 6.84. The first kappa shape index (κ1) is 23.4. The number of ether oxygens (including phenoxy) is 3. The van der Waals surface area contributed by atoms with Crippen LogP contribution in [0.4, 0.5) is 9.18 Å². The molecule has 0 bridgehead atoms. The predicted molar refractivity (Wildman–Crippen MR) is 114 cm³/mol. The van der Waals surface area contributed by atoms with Gasteiger partial charge in [-0.3, -0.25) is 4.79 Å². The van der Waals surface area contributed by atoms with Crippen LogP contribution in [0.25, 0.3) is 0 Å². The fourth-order valence-corrected chi connectivity index (χ4v) is 4.33. The number of hydrogen-bond acceptors (Lipinski definition) is 5. The number of amides is 1. The molecule has 2 atom stereocenters. The van der Waals surface area contributed by atoms with Gasteiger partial charge in [-0.2, -0.15) is 0 Å². The average Bonchev–Trinajstić information content (AvgIpc) is 3.48. The van der Waals surface area contributed by atoms with Gasteiger partial charge < -0.3 is 19.1 Å². The van der Waals surface area contributed by atoms with Crippen LogP contribution in [-0.2, 0) is 20.7 Å². The van der Waals surface area contributed by atoms with Gasteiger partial charge in [-0.25, -0.2) is 9.18 Å². The number of benzene rings is 1. The van der Waals surface area contributed by atoms with Crippen molar-refractivity contribution in [2.45, 2.75) is 58.5 Å². The summed E-state index contributed by atoms with van der Waals surface area (Å²) in [6, 6.07) is 4.59. The molecule has 1 aliphatic carbocycles. The summed E-state index contributed by atoms with van der Waals surface area (Å²) in [5.41, 5.74) is -0.153. The lowest BCUT2D eigenvalue weighted by Crippen LogP contribution is -2.42. The van der Waals surface area contributed by atoms with E-state index in [1.807, 2.05) is 25.7 Å². The number of hydrogen-bond donors (Lipinski definition) is 0. The molecule has 3 rings (SSSR count). The molecule has 0 N–H and O–H groups in total. The Morgan fingerprint density at radius 1 is 1.19 bits per heavy atom. The summed E-state index contributed by atoms with van der Waals surface area (Å²) in [5, 5.41) is 0. The topological polar surface area (TPSA) is 65.1 Å². The molecular weight excluding hydrogens is 401 g/mol. The molecule has 31 heavy (non-hydrogen) atoms. The number of nitrogens with zero attached hydrogens (tertiary/aromatic N) is 1. The van der Waals surface area contributed by atoms with Crippen LogP contribution in [0.15, 0.2) is 18.2 Å². The molecule has 1 saturated carbocycles. The van der Waals surface area contributed by atoms with Crippen molar-refractivity contribution in [2.24, 2.45) is 17.8 Å². The highest BCUT2D eigenvalue weighted by molar-refractivity contribution is 5.72. The lowest BCUT2D eigenvalue weighted by atomic mass is 9.90. The van der Waals surface area contributed by atoms with Gasteiger partial charge in [0, 0.05) is 19.2 Å². The van der Waals surface area contributed by atoms with E-state index in [1.54, 1.807) is 12.1 Å². The molecule has 1 heterocycles. The normalized spacial score (nSPS) is 21.5. The number of methoxy groups -OCH3 is 1. The number of carbonyl (C=O) groups excluding carboxylic acids is 2. The zero-order valence-electron chi connectivity index (χ0n) is 19.0. The van der Waals surface area contributed by atoms with Gasteiger partial charge in [0.2, 0.25) is 0 Å². The first-order valence-corrected chi connectivity index (χ1v) is 11.1. The molecule has 0 radical (unpaired) electrons. The lowest BCUT2D eigenvalue weighted by molar-refractivity contribution is -0.139. The smallest absolute Gasteiger partial charge is 0.410 e. The third-order valence-electron chi connectivity index (χ3n) is 6.12. The summed E-state index contributed by atoms with van der Waals surface area (Å²) in [5.74, 6) is 1.55. The van der Waals surface area contributed by atoms with Gasteiger partial charge in [-0.1, -0.05) is 6.07 Å². The van der Waals surface area contributed by atoms with Crippen molar-refractivity contribution < 1.29 is 28.2 Å². The van der Waals surface area contributed by atoms with Crippen LogP contribution in [0.5, 0.6) is 5.75 Å². The van der Waals surface area contributed by atoms with E-state index in [-0.39, 0.29) is 12.5 Å². The van der Waals surface area contributed by atoms with E-state index >= 15 is 0 Å². The second-order valence-electron chi connectivity index (χ2n) is 9.61. The Morgan fingerprint density at radius 3 is 2.52 bits per heavy atom. The lowest BCUT2D eigenvalue weighted by Gasteiger charge is -2.33. The summed E-state index contributed by atoms with van der Waals surface area (Å²) in [6.45, 7) is 7.74. The maximum absolute atomic E-state index is 14.1. The summed E-state index contributed by atoms with van der Waals surface area (Å²) >= 11 is 0. The second kappa shape index (κ2) is 9.88. The standard InChI is InChI=1S/C24H34FNO5/c1-24(2,3)31-23(28)26-10-7-16(8-11-26)20-13-17(20)9-12-30-19-6-5-18(21(25)15-19)14-22(27)29-4/h5-6,15-17,20H,7-14H2,1-4H3/t17-,20-/m1/s1. The molecule has 7 heteroatoms. The molecule has 1 saturated heterocycles. The van der Waals surface area contributed by atoms with E-state index < -0.39 is 17.4 Å². The number of rotatable bonds is 7. The van der Waals surface area contributed by atoms with Crippen molar-refractivity contribution in [3.8, 4) is 5.75 Å². The van der Waals surface area contributed by atoms with Crippen LogP contribution < -0.4 is 4.74 Å². The first-order valence-electron chi connectivity index (χ1n) is 11.1. The fraction of sp³-hybridized carbons (Fsp3) is 0.667. The van der Waals surface area contributed by atoms with Crippen molar-refractivity contribution in [3.63, 3.8) is 0 Å². The van der Waals surface area contributed by atoms with Crippen molar-refractivity contribution in [2.75, 3.05) is 26.8 Å². The van der Waals surface area contributed by atoms with Gasteiger partial charge in [-0.05, 0) is 75.8 Å². The van der Waals surface area contributed by atoms with E-state index in [4.69, 9.17) is 9.47 Å². The summed E-state index contributed by atoms with van der Waals surface area (Å²) in [7, 11) is 1.28. The van der Waals surface area contributed by atoms with Gasteiger partial charge >= 0.3 is 12.1 Å².